The van der Waals surface area contributed by atoms with E-state index in [2.05, 4.69) is 21.9 Å². The van der Waals surface area contributed by atoms with E-state index in [0.29, 0.717) is 24.6 Å². The average Bonchev–Trinajstić information content (AvgIpc) is 3.09. The van der Waals surface area contributed by atoms with Crippen LogP contribution in [0.5, 0.6) is 0 Å². The Morgan fingerprint density at radius 2 is 1.88 bits per heavy atom. The van der Waals surface area contributed by atoms with Crippen LogP contribution >= 0.6 is 0 Å². The fourth-order valence-corrected chi connectivity index (χ4v) is 3.15. The maximum atomic E-state index is 12.7. The first-order valence-corrected chi connectivity index (χ1v) is 8.74. The van der Waals surface area contributed by atoms with Gasteiger partial charge in [0, 0.05) is 31.7 Å². The number of rotatable bonds is 1. The molecule has 4 rings (SSSR count). The van der Waals surface area contributed by atoms with Gasteiger partial charge in [0.1, 0.15) is 5.82 Å². The lowest BCUT2D eigenvalue weighted by atomic mass is 10.00. The largest absolute Gasteiger partial charge is 0.381 e. The van der Waals surface area contributed by atoms with E-state index in [-0.39, 0.29) is 11.5 Å². The maximum absolute atomic E-state index is 12.7. The highest BCUT2D eigenvalue weighted by atomic mass is 16.5. The van der Waals surface area contributed by atoms with Gasteiger partial charge in [0.2, 0.25) is 5.82 Å². The van der Waals surface area contributed by atoms with Gasteiger partial charge in [-0.2, -0.15) is 0 Å². The fourth-order valence-electron chi connectivity index (χ4n) is 3.15. The van der Waals surface area contributed by atoms with E-state index in [0.717, 1.165) is 24.2 Å². The summed E-state index contributed by atoms with van der Waals surface area (Å²) in [5.74, 6) is 7.61. The molecular weight excluding hydrogens is 328 g/mol. The number of ether oxygens (including phenoxy) is 1. The molecule has 132 valence electrons. The number of imidazole rings is 1. The van der Waals surface area contributed by atoms with E-state index in [9.17, 15) is 4.79 Å². The molecule has 26 heavy (non-hydrogen) atoms. The van der Waals surface area contributed by atoms with Gasteiger partial charge in [0.15, 0.2) is 5.52 Å². The summed E-state index contributed by atoms with van der Waals surface area (Å²) >= 11 is 0. The lowest BCUT2D eigenvalue weighted by Gasteiger charge is -2.20. The molecule has 6 nitrogen and oxygen atoms in total. The van der Waals surface area contributed by atoms with Crippen LogP contribution in [0.4, 0.5) is 0 Å². The van der Waals surface area contributed by atoms with Crippen molar-refractivity contribution in [3.8, 4) is 11.8 Å². The van der Waals surface area contributed by atoms with Gasteiger partial charge in [0.05, 0.1) is 6.20 Å². The minimum absolute atomic E-state index is 0.140. The Labute approximate surface area is 151 Å². The third-order valence-corrected chi connectivity index (χ3v) is 4.76. The lowest BCUT2D eigenvalue weighted by molar-refractivity contribution is 0.0832. The predicted molar refractivity (Wildman–Crippen MR) is 98.2 cm³/mol. The Kier molecular flexibility index (Phi) is 4.31. The van der Waals surface area contributed by atoms with Gasteiger partial charge >= 0.3 is 0 Å². The highest BCUT2D eigenvalue weighted by Crippen LogP contribution is 2.25. The van der Waals surface area contributed by atoms with E-state index in [4.69, 9.17) is 4.74 Å². The first-order chi connectivity index (χ1) is 12.6. The number of aryl methyl sites for hydroxylation is 1. The highest BCUT2D eigenvalue weighted by Gasteiger charge is 2.22. The number of benzene rings is 1. The monoisotopic (exact) mass is 348 g/mol. The van der Waals surface area contributed by atoms with E-state index in [1.54, 1.807) is 17.8 Å². The van der Waals surface area contributed by atoms with Crippen molar-refractivity contribution in [2.45, 2.75) is 25.7 Å². The number of hydrogen-bond donors (Lipinski definition) is 0. The zero-order valence-electron chi connectivity index (χ0n) is 14.9. The number of aromatic nitrogens is 4. The number of fused-ring (bicyclic) bond motifs is 1. The van der Waals surface area contributed by atoms with Crippen molar-refractivity contribution in [3.05, 3.63) is 63.6 Å². The molecular formula is C20H20N4O2. The van der Waals surface area contributed by atoms with Crippen molar-refractivity contribution in [1.82, 2.24) is 19.2 Å². The van der Waals surface area contributed by atoms with Crippen molar-refractivity contribution < 1.29 is 4.74 Å². The molecule has 2 aromatic heterocycles. The Morgan fingerprint density at radius 1 is 1.15 bits per heavy atom. The fraction of sp³-hybridized carbons (Fsp3) is 0.350. The minimum atomic E-state index is -0.140. The molecule has 0 saturated carbocycles. The van der Waals surface area contributed by atoms with E-state index < -0.39 is 0 Å². The van der Waals surface area contributed by atoms with Crippen LogP contribution in [-0.4, -0.2) is 32.4 Å². The molecule has 0 unspecified atom stereocenters. The molecule has 0 radical (unpaired) electrons. The summed E-state index contributed by atoms with van der Waals surface area (Å²) in [6.07, 6.45) is 3.39. The molecule has 3 heterocycles. The Morgan fingerprint density at radius 3 is 2.62 bits per heavy atom. The molecule has 1 aliphatic rings. The normalized spacial score (nSPS) is 15.0. The minimum Gasteiger partial charge on any atom is -0.381 e. The van der Waals surface area contributed by atoms with Gasteiger partial charge in [0.25, 0.3) is 5.56 Å². The molecule has 0 amide bonds. The van der Waals surface area contributed by atoms with E-state index in [1.165, 1.54) is 10.1 Å². The molecule has 0 N–H and O–H groups in total. The van der Waals surface area contributed by atoms with E-state index in [1.807, 2.05) is 31.2 Å². The van der Waals surface area contributed by atoms with Crippen molar-refractivity contribution in [2.75, 3.05) is 13.2 Å². The van der Waals surface area contributed by atoms with Crippen LogP contribution in [-0.2, 0) is 11.8 Å². The van der Waals surface area contributed by atoms with Crippen molar-refractivity contribution in [3.63, 3.8) is 0 Å². The predicted octanol–water partition coefficient (Wildman–Crippen LogP) is 2.03. The highest BCUT2D eigenvalue weighted by molar-refractivity contribution is 5.45. The van der Waals surface area contributed by atoms with Gasteiger partial charge in [-0.25, -0.2) is 9.50 Å². The van der Waals surface area contributed by atoms with Crippen molar-refractivity contribution in [2.24, 2.45) is 7.05 Å². The van der Waals surface area contributed by atoms with Crippen LogP contribution < -0.4 is 5.56 Å². The second-order valence-electron chi connectivity index (χ2n) is 6.60. The van der Waals surface area contributed by atoms with Crippen LogP contribution in [0.25, 0.3) is 5.52 Å². The summed E-state index contributed by atoms with van der Waals surface area (Å²) in [6.45, 7) is 3.46. The second-order valence-corrected chi connectivity index (χ2v) is 6.60. The van der Waals surface area contributed by atoms with Gasteiger partial charge in [-0.05, 0) is 37.8 Å². The molecule has 3 aromatic rings. The van der Waals surface area contributed by atoms with Gasteiger partial charge in [-0.3, -0.25) is 9.36 Å². The summed E-state index contributed by atoms with van der Waals surface area (Å²) in [4.78, 5) is 17.1. The Hall–Kier alpha value is -2.91. The maximum Gasteiger partial charge on any atom is 0.280 e. The topological polar surface area (TPSA) is 61.4 Å². The summed E-state index contributed by atoms with van der Waals surface area (Å²) < 4.78 is 8.57. The van der Waals surface area contributed by atoms with E-state index >= 15 is 0 Å². The second kappa shape index (κ2) is 6.77. The van der Waals surface area contributed by atoms with Crippen LogP contribution in [0, 0.1) is 18.8 Å². The summed E-state index contributed by atoms with van der Waals surface area (Å²) in [5, 5.41) is 4.61. The smallest absolute Gasteiger partial charge is 0.280 e. The molecule has 0 bridgehead atoms. The summed E-state index contributed by atoms with van der Waals surface area (Å²) in [7, 11) is 1.69. The molecule has 1 aromatic carbocycles. The molecule has 1 aliphatic heterocycles. The zero-order valence-corrected chi connectivity index (χ0v) is 14.9. The van der Waals surface area contributed by atoms with Crippen molar-refractivity contribution >= 4 is 5.52 Å². The summed E-state index contributed by atoms with van der Waals surface area (Å²) in [5.41, 5.74) is 2.41. The van der Waals surface area contributed by atoms with Gasteiger partial charge in [-0.15, -0.1) is 5.10 Å². The van der Waals surface area contributed by atoms with Crippen LogP contribution in [0.1, 0.15) is 41.5 Å². The molecule has 1 fully saturated rings. The third-order valence-electron chi connectivity index (χ3n) is 4.76. The van der Waals surface area contributed by atoms with Crippen LogP contribution in [0.2, 0.25) is 0 Å². The zero-order chi connectivity index (χ0) is 18.1. The quantitative estimate of drug-likeness (QED) is 0.632. The standard InChI is InChI=1S/C20H20N4O2/c1-14-3-5-15(6-4-14)7-8-18-22-24-17(20(25)23(18)2)13-21-19(24)16-9-11-26-12-10-16/h3-6,13,16H,9-12H2,1-2H3. The molecule has 0 spiro atoms. The van der Waals surface area contributed by atoms with Crippen LogP contribution in [0.15, 0.2) is 35.3 Å². The Balaban J connectivity index is 1.79. The molecule has 0 aliphatic carbocycles. The summed E-state index contributed by atoms with van der Waals surface area (Å²) in [6, 6.07) is 7.95. The molecule has 6 heteroatoms. The third kappa shape index (κ3) is 3.02. The number of nitrogens with zero attached hydrogens (tertiary/aromatic N) is 4. The lowest BCUT2D eigenvalue weighted by Crippen LogP contribution is -2.25. The molecule has 0 atom stereocenters. The molecule has 1 saturated heterocycles. The first kappa shape index (κ1) is 16.6. The first-order valence-electron chi connectivity index (χ1n) is 8.74. The average molecular weight is 348 g/mol. The van der Waals surface area contributed by atoms with Crippen molar-refractivity contribution in [1.29, 1.82) is 0 Å². The van der Waals surface area contributed by atoms with Gasteiger partial charge in [-0.1, -0.05) is 23.6 Å². The SMILES string of the molecule is Cc1ccc(C#Cc2nn3c(C4CCOCC4)ncc3c(=O)n2C)cc1. The number of hydrogen-bond acceptors (Lipinski definition) is 4. The van der Waals surface area contributed by atoms with Gasteiger partial charge < -0.3 is 4.74 Å². The van der Waals surface area contributed by atoms with Crippen LogP contribution in [0.3, 0.4) is 0 Å². The Bertz CT molecular complexity index is 1060.